The van der Waals surface area contributed by atoms with Crippen molar-refractivity contribution in [3.63, 3.8) is 0 Å². The van der Waals surface area contributed by atoms with Crippen LogP contribution in [0, 0.1) is 0 Å². The summed E-state index contributed by atoms with van der Waals surface area (Å²) in [5, 5.41) is 3.97. The second-order valence-corrected chi connectivity index (χ2v) is 5.23. The minimum atomic E-state index is 0.126. The van der Waals surface area contributed by atoms with Crippen LogP contribution >= 0.6 is 0 Å². The highest BCUT2D eigenvalue weighted by Gasteiger charge is 2.22. The van der Waals surface area contributed by atoms with Crippen molar-refractivity contribution < 1.29 is 4.79 Å². The zero-order valence-corrected chi connectivity index (χ0v) is 12.3. The van der Waals surface area contributed by atoms with Gasteiger partial charge in [-0.15, -0.1) is 0 Å². The van der Waals surface area contributed by atoms with E-state index in [4.69, 9.17) is 0 Å². The molecule has 0 bridgehead atoms. The third-order valence-electron chi connectivity index (χ3n) is 3.78. The Bertz CT molecular complexity index is 672. The average Bonchev–Trinajstić information content (AvgIpc) is 2.68. The van der Waals surface area contributed by atoms with Crippen molar-refractivity contribution >= 4 is 28.6 Å². The summed E-state index contributed by atoms with van der Waals surface area (Å²) in [6.45, 7) is 1.97. The van der Waals surface area contributed by atoms with Gasteiger partial charge in [-0.1, -0.05) is 12.1 Å². The highest BCUT2D eigenvalue weighted by atomic mass is 16.2. The molecule has 3 rings (SSSR count). The van der Waals surface area contributed by atoms with E-state index >= 15 is 0 Å². The lowest BCUT2D eigenvalue weighted by molar-refractivity contribution is -0.127. The van der Waals surface area contributed by atoms with Gasteiger partial charge in [-0.05, 0) is 18.6 Å². The number of aromatic nitrogens is 2. The quantitative estimate of drug-likeness (QED) is 0.902. The van der Waals surface area contributed by atoms with Crippen LogP contribution in [0.3, 0.4) is 0 Å². The van der Waals surface area contributed by atoms with Gasteiger partial charge < -0.3 is 15.1 Å². The van der Waals surface area contributed by atoms with Gasteiger partial charge in [0.15, 0.2) is 0 Å². The van der Waals surface area contributed by atoms with E-state index in [0.717, 1.165) is 36.2 Å². The fraction of sp³-hybridized carbons (Fsp3) is 0.400. The fourth-order valence-electron chi connectivity index (χ4n) is 2.58. The van der Waals surface area contributed by atoms with Crippen molar-refractivity contribution in [2.45, 2.75) is 6.42 Å². The topological polar surface area (TPSA) is 61.4 Å². The van der Waals surface area contributed by atoms with Crippen LogP contribution in [0.2, 0.25) is 0 Å². The SMILES string of the molecule is CNc1nc(N2CCCN(C)C(=O)C2)c2ccccc2n1. The zero-order chi connectivity index (χ0) is 14.8. The number of nitrogens with one attached hydrogen (secondary N) is 1. The Morgan fingerprint density at radius 2 is 2.00 bits per heavy atom. The molecular formula is C15H19N5O. The van der Waals surface area contributed by atoms with E-state index in [-0.39, 0.29) is 5.91 Å². The Balaban J connectivity index is 2.07. The summed E-state index contributed by atoms with van der Waals surface area (Å²) in [6.07, 6.45) is 0.940. The first kappa shape index (κ1) is 13.6. The number of hydrogen-bond donors (Lipinski definition) is 1. The normalized spacial score (nSPS) is 16.2. The number of fused-ring (bicyclic) bond motifs is 1. The second-order valence-electron chi connectivity index (χ2n) is 5.23. The summed E-state index contributed by atoms with van der Waals surface area (Å²) in [6, 6.07) is 7.90. The molecule has 0 radical (unpaired) electrons. The molecule has 6 nitrogen and oxygen atoms in total. The number of hydrogen-bond acceptors (Lipinski definition) is 5. The van der Waals surface area contributed by atoms with Gasteiger partial charge in [0.25, 0.3) is 0 Å². The molecule has 0 unspecified atom stereocenters. The highest BCUT2D eigenvalue weighted by molar-refractivity contribution is 5.92. The van der Waals surface area contributed by atoms with Crippen LogP contribution in [-0.2, 0) is 4.79 Å². The summed E-state index contributed by atoms with van der Waals surface area (Å²) in [5.41, 5.74) is 0.886. The van der Waals surface area contributed by atoms with Crippen molar-refractivity contribution in [3.8, 4) is 0 Å². The van der Waals surface area contributed by atoms with Gasteiger partial charge in [-0.2, -0.15) is 4.98 Å². The summed E-state index contributed by atoms with van der Waals surface area (Å²) in [4.78, 5) is 25.0. The number of amides is 1. The highest BCUT2D eigenvalue weighted by Crippen LogP contribution is 2.26. The first-order valence-corrected chi connectivity index (χ1v) is 7.12. The summed E-state index contributed by atoms with van der Waals surface area (Å²) >= 11 is 0. The van der Waals surface area contributed by atoms with E-state index in [1.807, 2.05) is 31.3 Å². The average molecular weight is 285 g/mol. The molecule has 1 saturated heterocycles. The maximum atomic E-state index is 12.1. The Kier molecular flexibility index (Phi) is 3.60. The summed E-state index contributed by atoms with van der Waals surface area (Å²) in [7, 11) is 3.65. The Morgan fingerprint density at radius 3 is 2.81 bits per heavy atom. The molecule has 1 aliphatic heterocycles. The largest absolute Gasteiger partial charge is 0.357 e. The molecular weight excluding hydrogens is 266 g/mol. The summed E-state index contributed by atoms with van der Waals surface area (Å²) in [5.74, 6) is 1.53. The molecule has 1 aromatic carbocycles. The number of likely N-dealkylation sites (N-methyl/N-ethyl adjacent to an activating group) is 1. The van der Waals surface area contributed by atoms with Crippen molar-refractivity contribution in [2.24, 2.45) is 0 Å². The van der Waals surface area contributed by atoms with Crippen molar-refractivity contribution in [1.82, 2.24) is 14.9 Å². The monoisotopic (exact) mass is 285 g/mol. The predicted molar refractivity (Wildman–Crippen MR) is 83.6 cm³/mol. The van der Waals surface area contributed by atoms with Crippen molar-refractivity contribution in [3.05, 3.63) is 24.3 Å². The van der Waals surface area contributed by atoms with Crippen LogP contribution in [0.5, 0.6) is 0 Å². The Hall–Kier alpha value is -2.37. The van der Waals surface area contributed by atoms with Gasteiger partial charge in [0.1, 0.15) is 5.82 Å². The first-order chi connectivity index (χ1) is 10.2. The zero-order valence-electron chi connectivity index (χ0n) is 12.3. The maximum absolute atomic E-state index is 12.1. The van der Waals surface area contributed by atoms with Gasteiger partial charge in [-0.25, -0.2) is 4.98 Å². The van der Waals surface area contributed by atoms with E-state index in [1.165, 1.54) is 0 Å². The van der Waals surface area contributed by atoms with Crippen LogP contribution in [0.15, 0.2) is 24.3 Å². The van der Waals surface area contributed by atoms with E-state index in [9.17, 15) is 4.79 Å². The number of benzene rings is 1. The van der Waals surface area contributed by atoms with Crippen LogP contribution in [0.1, 0.15) is 6.42 Å². The molecule has 110 valence electrons. The number of nitrogens with zero attached hydrogens (tertiary/aromatic N) is 4. The van der Waals surface area contributed by atoms with E-state index in [1.54, 1.807) is 11.9 Å². The van der Waals surface area contributed by atoms with E-state index in [0.29, 0.717) is 12.5 Å². The van der Waals surface area contributed by atoms with Crippen LogP contribution < -0.4 is 10.2 Å². The lowest BCUT2D eigenvalue weighted by Crippen LogP contribution is -2.35. The molecule has 21 heavy (non-hydrogen) atoms. The van der Waals surface area contributed by atoms with Crippen molar-refractivity contribution in [1.29, 1.82) is 0 Å². The lowest BCUT2D eigenvalue weighted by Gasteiger charge is -2.22. The number of carbonyl (C=O) groups excluding carboxylic acids is 1. The molecule has 0 atom stereocenters. The van der Waals surface area contributed by atoms with Crippen LogP contribution in [-0.4, -0.2) is 54.5 Å². The third-order valence-corrected chi connectivity index (χ3v) is 3.78. The van der Waals surface area contributed by atoms with E-state index in [2.05, 4.69) is 20.2 Å². The van der Waals surface area contributed by atoms with Crippen molar-refractivity contribution in [2.75, 3.05) is 43.9 Å². The first-order valence-electron chi connectivity index (χ1n) is 7.12. The maximum Gasteiger partial charge on any atom is 0.241 e. The molecule has 1 aliphatic rings. The van der Waals surface area contributed by atoms with Crippen LogP contribution in [0.25, 0.3) is 10.9 Å². The molecule has 0 aliphatic carbocycles. The summed E-state index contributed by atoms with van der Waals surface area (Å²) < 4.78 is 0. The van der Waals surface area contributed by atoms with Crippen LogP contribution in [0.4, 0.5) is 11.8 Å². The minimum Gasteiger partial charge on any atom is -0.357 e. The lowest BCUT2D eigenvalue weighted by atomic mass is 10.2. The number of para-hydroxylation sites is 1. The number of carbonyl (C=O) groups is 1. The van der Waals surface area contributed by atoms with Gasteiger partial charge in [-0.3, -0.25) is 4.79 Å². The Labute approximate surface area is 123 Å². The van der Waals surface area contributed by atoms with Gasteiger partial charge in [0, 0.05) is 32.6 Å². The third kappa shape index (κ3) is 2.61. The Morgan fingerprint density at radius 1 is 1.19 bits per heavy atom. The molecule has 2 heterocycles. The standard InChI is InChI=1S/C15H19N5O/c1-16-15-17-12-7-4-3-6-11(12)14(18-15)20-9-5-8-19(2)13(21)10-20/h3-4,6-7H,5,8-10H2,1-2H3,(H,16,17,18). The second kappa shape index (κ2) is 5.55. The molecule has 1 aromatic heterocycles. The fourth-order valence-corrected chi connectivity index (χ4v) is 2.58. The molecule has 1 fully saturated rings. The number of anilines is 2. The molecule has 0 spiro atoms. The number of rotatable bonds is 2. The molecule has 2 aromatic rings. The smallest absolute Gasteiger partial charge is 0.241 e. The predicted octanol–water partition coefficient (Wildman–Crippen LogP) is 1.34. The van der Waals surface area contributed by atoms with Gasteiger partial charge >= 0.3 is 0 Å². The van der Waals surface area contributed by atoms with Gasteiger partial charge in [0.05, 0.1) is 12.1 Å². The molecule has 0 saturated carbocycles. The van der Waals surface area contributed by atoms with E-state index < -0.39 is 0 Å². The molecule has 6 heteroatoms. The van der Waals surface area contributed by atoms with Gasteiger partial charge in [0.2, 0.25) is 11.9 Å². The molecule has 1 amide bonds. The minimum absolute atomic E-state index is 0.126. The molecule has 1 N–H and O–H groups in total.